The lowest BCUT2D eigenvalue weighted by Gasteiger charge is -2.18. The Morgan fingerprint density at radius 2 is 2.28 bits per heavy atom. The van der Waals surface area contributed by atoms with Crippen molar-refractivity contribution in [3.05, 3.63) is 41.2 Å². The molecule has 0 bridgehead atoms. The molecule has 1 aliphatic heterocycles. The molecule has 0 aromatic carbocycles. The first-order valence-corrected chi connectivity index (χ1v) is 6.20. The maximum atomic E-state index is 5.98. The number of rotatable bonds is 3. The van der Waals surface area contributed by atoms with Crippen molar-refractivity contribution in [1.82, 2.24) is 15.3 Å². The van der Waals surface area contributed by atoms with Gasteiger partial charge in [0.2, 0.25) is 0 Å². The van der Waals surface area contributed by atoms with Gasteiger partial charge in [-0.2, -0.15) is 0 Å². The second-order valence-electron chi connectivity index (χ2n) is 4.46. The van der Waals surface area contributed by atoms with Crippen molar-refractivity contribution in [1.29, 1.82) is 0 Å². The average Bonchev–Trinajstić information content (AvgIpc) is 2.90. The van der Waals surface area contributed by atoms with E-state index in [1.54, 1.807) is 6.26 Å². The number of nitrogens with one attached hydrogen (secondary N) is 1. The summed E-state index contributed by atoms with van der Waals surface area (Å²) < 4.78 is 5.30. The number of aryl methyl sites for hydroxylation is 2. The van der Waals surface area contributed by atoms with Crippen LogP contribution in [-0.4, -0.2) is 16.5 Å². The average molecular weight is 244 g/mol. The van der Waals surface area contributed by atoms with Crippen LogP contribution in [0.4, 0.5) is 5.82 Å². The molecule has 0 unspecified atom stereocenters. The van der Waals surface area contributed by atoms with E-state index in [4.69, 9.17) is 10.2 Å². The van der Waals surface area contributed by atoms with Crippen molar-refractivity contribution in [2.75, 3.05) is 12.3 Å². The van der Waals surface area contributed by atoms with Crippen LogP contribution in [0.25, 0.3) is 0 Å². The number of nitrogens with zero attached hydrogens (tertiary/aromatic N) is 2. The van der Waals surface area contributed by atoms with Crippen LogP contribution >= 0.6 is 0 Å². The number of hydrogen-bond donors (Lipinski definition) is 2. The van der Waals surface area contributed by atoms with Crippen LogP contribution in [0.5, 0.6) is 0 Å². The predicted molar refractivity (Wildman–Crippen MR) is 68.0 cm³/mol. The van der Waals surface area contributed by atoms with Crippen molar-refractivity contribution < 1.29 is 4.42 Å². The summed E-state index contributed by atoms with van der Waals surface area (Å²) in [6, 6.07) is 3.86. The van der Waals surface area contributed by atoms with E-state index in [0.717, 1.165) is 55.2 Å². The van der Waals surface area contributed by atoms with Crippen molar-refractivity contribution in [2.45, 2.75) is 25.8 Å². The first-order chi connectivity index (χ1) is 8.83. The van der Waals surface area contributed by atoms with Gasteiger partial charge in [-0.25, -0.2) is 9.97 Å². The number of nitrogen functional groups attached to an aromatic ring is 1. The molecule has 0 atom stereocenters. The lowest BCUT2D eigenvalue weighted by molar-refractivity contribution is 0.505. The van der Waals surface area contributed by atoms with Crippen LogP contribution in [0.15, 0.2) is 22.8 Å². The molecule has 0 saturated carbocycles. The monoisotopic (exact) mass is 244 g/mol. The second-order valence-corrected chi connectivity index (χ2v) is 4.46. The quantitative estimate of drug-likeness (QED) is 0.845. The van der Waals surface area contributed by atoms with Gasteiger partial charge in [0, 0.05) is 37.9 Å². The number of nitrogens with two attached hydrogens (primary N) is 1. The molecule has 0 amide bonds. The van der Waals surface area contributed by atoms with Gasteiger partial charge in [-0.3, -0.25) is 0 Å². The van der Waals surface area contributed by atoms with E-state index in [0.29, 0.717) is 5.82 Å². The molecular weight excluding hydrogens is 228 g/mol. The smallest absolute Gasteiger partial charge is 0.131 e. The van der Waals surface area contributed by atoms with Crippen LogP contribution in [0.2, 0.25) is 0 Å². The molecule has 3 rings (SSSR count). The van der Waals surface area contributed by atoms with Crippen LogP contribution in [0, 0.1) is 0 Å². The standard InChI is InChI=1S/C13H16N4O/c14-13-10-8-15-6-5-11(10)16-12(17-13)4-3-9-2-1-7-18-9/h1-2,7,15H,3-6,8H2,(H2,14,16,17). The molecule has 1 aliphatic rings. The van der Waals surface area contributed by atoms with E-state index in [9.17, 15) is 0 Å². The Morgan fingerprint density at radius 1 is 1.33 bits per heavy atom. The van der Waals surface area contributed by atoms with Gasteiger partial charge in [-0.1, -0.05) is 0 Å². The highest BCUT2D eigenvalue weighted by molar-refractivity contribution is 5.43. The molecule has 2 aromatic heterocycles. The van der Waals surface area contributed by atoms with Crippen molar-refractivity contribution in [2.24, 2.45) is 0 Å². The minimum absolute atomic E-state index is 0.613. The number of hydrogen-bond acceptors (Lipinski definition) is 5. The van der Waals surface area contributed by atoms with Crippen LogP contribution in [0.3, 0.4) is 0 Å². The maximum Gasteiger partial charge on any atom is 0.131 e. The highest BCUT2D eigenvalue weighted by atomic mass is 16.3. The number of furan rings is 1. The summed E-state index contributed by atoms with van der Waals surface area (Å²) in [4.78, 5) is 8.97. The first kappa shape index (κ1) is 11.2. The Kier molecular flexibility index (Phi) is 2.98. The van der Waals surface area contributed by atoms with Crippen LogP contribution in [0.1, 0.15) is 22.8 Å². The largest absolute Gasteiger partial charge is 0.469 e. The van der Waals surface area contributed by atoms with E-state index < -0.39 is 0 Å². The maximum absolute atomic E-state index is 5.98. The Labute approximate surface area is 105 Å². The summed E-state index contributed by atoms with van der Waals surface area (Å²) in [5, 5.41) is 3.28. The second kappa shape index (κ2) is 4.78. The summed E-state index contributed by atoms with van der Waals surface area (Å²) in [5.74, 6) is 2.38. The fourth-order valence-electron chi connectivity index (χ4n) is 2.22. The number of fused-ring (bicyclic) bond motifs is 1. The molecule has 94 valence electrons. The number of aromatic nitrogens is 2. The predicted octanol–water partition coefficient (Wildman–Crippen LogP) is 1.08. The van der Waals surface area contributed by atoms with Gasteiger partial charge in [0.05, 0.1) is 12.0 Å². The fraction of sp³-hybridized carbons (Fsp3) is 0.385. The third-order valence-corrected chi connectivity index (χ3v) is 3.19. The summed E-state index contributed by atoms with van der Waals surface area (Å²) in [6.45, 7) is 1.74. The highest BCUT2D eigenvalue weighted by Gasteiger charge is 2.15. The molecule has 0 fully saturated rings. The van der Waals surface area contributed by atoms with Crippen molar-refractivity contribution in [3.8, 4) is 0 Å². The molecule has 3 N–H and O–H groups in total. The summed E-state index contributed by atoms with van der Waals surface area (Å²) in [7, 11) is 0. The lowest BCUT2D eigenvalue weighted by atomic mass is 10.1. The zero-order valence-electron chi connectivity index (χ0n) is 10.1. The molecule has 18 heavy (non-hydrogen) atoms. The molecule has 5 heteroatoms. The third kappa shape index (κ3) is 2.22. The van der Waals surface area contributed by atoms with Gasteiger partial charge in [0.15, 0.2) is 0 Å². The SMILES string of the molecule is Nc1nc(CCc2ccco2)nc2c1CNCC2. The van der Waals surface area contributed by atoms with E-state index >= 15 is 0 Å². The molecular formula is C13H16N4O. The van der Waals surface area contributed by atoms with Gasteiger partial charge in [0.25, 0.3) is 0 Å². The normalized spacial score (nSPS) is 14.4. The minimum atomic E-state index is 0.613. The Bertz CT molecular complexity index is 536. The fourth-order valence-corrected chi connectivity index (χ4v) is 2.22. The summed E-state index contributed by atoms with van der Waals surface area (Å²) >= 11 is 0. The molecule has 3 heterocycles. The molecule has 2 aromatic rings. The van der Waals surface area contributed by atoms with Crippen LogP contribution in [-0.2, 0) is 25.8 Å². The lowest BCUT2D eigenvalue weighted by Crippen LogP contribution is -2.26. The Morgan fingerprint density at radius 3 is 3.11 bits per heavy atom. The first-order valence-electron chi connectivity index (χ1n) is 6.20. The molecule has 0 aliphatic carbocycles. The molecule has 5 nitrogen and oxygen atoms in total. The van der Waals surface area contributed by atoms with E-state index in [1.807, 2.05) is 12.1 Å². The van der Waals surface area contributed by atoms with Crippen molar-refractivity contribution >= 4 is 5.82 Å². The van der Waals surface area contributed by atoms with Gasteiger partial charge in [0.1, 0.15) is 17.4 Å². The molecule has 0 radical (unpaired) electrons. The summed E-state index contributed by atoms with van der Waals surface area (Å²) in [6.07, 6.45) is 4.18. The van der Waals surface area contributed by atoms with Gasteiger partial charge in [-0.05, 0) is 12.1 Å². The van der Waals surface area contributed by atoms with E-state index in [1.165, 1.54) is 0 Å². The topological polar surface area (TPSA) is 77.0 Å². The minimum Gasteiger partial charge on any atom is -0.469 e. The van der Waals surface area contributed by atoms with E-state index in [-0.39, 0.29) is 0 Å². The van der Waals surface area contributed by atoms with E-state index in [2.05, 4.69) is 15.3 Å². The molecule has 0 saturated heterocycles. The van der Waals surface area contributed by atoms with Gasteiger partial charge >= 0.3 is 0 Å². The Balaban J connectivity index is 1.78. The zero-order valence-corrected chi connectivity index (χ0v) is 10.1. The van der Waals surface area contributed by atoms with Gasteiger partial charge < -0.3 is 15.5 Å². The molecule has 0 spiro atoms. The summed E-state index contributed by atoms with van der Waals surface area (Å²) in [5.41, 5.74) is 8.13. The zero-order chi connectivity index (χ0) is 12.4. The highest BCUT2D eigenvalue weighted by Crippen LogP contribution is 2.17. The van der Waals surface area contributed by atoms with Gasteiger partial charge in [-0.15, -0.1) is 0 Å². The number of anilines is 1. The van der Waals surface area contributed by atoms with Crippen molar-refractivity contribution in [3.63, 3.8) is 0 Å². The van der Waals surface area contributed by atoms with Crippen LogP contribution < -0.4 is 11.1 Å². The Hall–Kier alpha value is -1.88. The third-order valence-electron chi connectivity index (χ3n) is 3.19.